The first-order valence-corrected chi connectivity index (χ1v) is 7.34. The van der Waals surface area contributed by atoms with Gasteiger partial charge in [-0.05, 0) is 19.8 Å². The molecule has 0 aromatic carbocycles. The van der Waals surface area contributed by atoms with E-state index in [1.54, 1.807) is 11.3 Å². The minimum atomic E-state index is -0.0944. The summed E-state index contributed by atoms with van der Waals surface area (Å²) in [6, 6.07) is 0. The number of nitrogens with two attached hydrogens (primary N) is 1. The summed E-state index contributed by atoms with van der Waals surface area (Å²) in [7, 11) is 0. The molecular formula is C13H22N2OS. The summed E-state index contributed by atoms with van der Waals surface area (Å²) in [6.45, 7) is 3.29. The largest absolute Gasteiger partial charge is 0.372 e. The maximum atomic E-state index is 6.39. The molecule has 4 heteroatoms. The van der Waals surface area contributed by atoms with Gasteiger partial charge in [-0.25, -0.2) is 4.98 Å². The molecule has 0 bridgehead atoms. The van der Waals surface area contributed by atoms with E-state index < -0.39 is 0 Å². The van der Waals surface area contributed by atoms with Crippen LogP contribution in [0.25, 0.3) is 0 Å². The Morgan fingerprint density at radius 3 is 2.65 bits per heavy atom. The number of aromatic nitrogens is 1. The summed E-state index contributed by atoms with van der Waals surface area (Å²) in [5.41, 5.74) is 7.37. The molecule has 0 spiro atoms. The van der Waals surface area contributed by atoms with Crippen molar-refractivity contribution in [1.29, 1.82) is 0 Å². The Balaban J connectivity index is 1.76. The molecule has 2 rings (SSSR count). The van der Waals surface area contributed by atoms with E-state index in [0.717, 1.165) is 23.5 Å². The molecular weight excluding hydrogens is 232 g/mol. The fourth-order valence-electron chi connectivity index (χ4n) is 2.39. The van der Waals surface area contributed by atoms with Crippen LogP contribution in [0.15, 0.2) is 5.38 Å². The van der Waals surface area contributed by atoms with Crippen molar-refractivity contribution in [3.8, 4) is 0 Å². The van der Waals surface area contributed by atoms with Crippen molar-refractivity contribution in [2.45, 2.75) is 57.6 Å². The molecule has 1 heterocycles. The second-order valence-corrected chi connectivity index (χ2v) is 6.09. The van der Waals surface area contributed by atoms with Crippen molar-refractivity contribution in [2.75, 3.05) is 6.61 Å². The van der Waals surface area contributed by atoms with Gasteiger partial charge in [0.2, 0.25) is 0 Å². The Kier molecular flexibility index (Phi) is 4.54. The van der Waals surface area contributed by atoms with Crippen LogP contribution < -0.4 is 5.73 Å². The van der Waals surface area contributed by atoms with E-state index in [2.05, 4.69) is 10.4 Å². The maximum Gasteiger partial charge on any atom is 0.119 e. The topological polar surface area (TPSA) is 48.1 Å². The lowest BCUT2D eigenvalue weighted by Gasteiger charge is -2.27. The first-order chi connectivity index (χ1) is 8.18. The van der Waals surface area contributed by atoms with Gasteiger partial charge in [0.1, 0.15) is 5.01 Å². The molecule has 96 valence electrons. The van der Waals surface area contributed by atoms with Crippen LogP contribution in [0, 0.1) is 6.92 Å². The van der Waals surface area contributed by atoms with Crippen LogP contribution in [0.1, 0.15) is 49.2 Å². The highest BCUT2D eigenvalue weighted by atomic mass is 32.1. The van der Waals surface area contributed by atoms with E-state index in [1.807, 2.05) is 6.92 Å². The highest BCUT2D eigenvalue weighted by Crippen LogP contribution is 2.25. The van der Waals surface area contributed by atoms with Gasteiger partial charge in [-0.3, -0.25) is 0 Å². The van der Waals surface area contributed by atoms with Crippen molar-refractivity contribution in [3.05, 3.63) is 16.1 Å². The minimum absolute atomic E-state index is 0.0944. The summed E-state index contributed by atoms with van der Waals surface area (Å²) in [6.07, 6.45) is 7.34. The number of hydrogen-bond acceptors (Lipinski definition) is 4. The number of aryl methyl sites for hydroxylation is 1. The molecule has 0 unspecified atom stereocenters. The van der Waals surface area contributed by atoms with Crippen LogP contribution >= 0.6 is 11.3 Å². The van der Waals surface area contributed by atoms with E-state index in [4.69, 9.17) is 10.5 Å². The SMILES string of the molecule is Cc1csc(COCC2(N)CCCCCC2)n1. The second kappa shape index (κ2) is 5.94. The zero-order valence-electron chi connectivity index (χ0n) is 10.6. The third-order valence-corrected chi connectivity index (χ3v) is 4.32. The predicted molar refractivity (Wildman–Crippen MR) is 71.1 cm³/mol. The monoisotopic (exact) mass is 254 g/mol. The van der Waals surface area contributed by atoms with Crippen molar-refractivity contribution in [3.63, 3.8) is 0 Å². The highest BCUT2D eigenvalue weighted by Gasteiger charge is 2.26. The summed E-state index contributed by atoms with van der Waals surface area (Å²) in [5.74, 6) is 0. The Morgan fingerprint density at radius 1 is 1.35 bits per heavy atom. The van der Waals surface area contributed by atoms with E-state index in [9.17, 15) is 0 Å². The molecule has 2 N–H and O–H groups in total. The van der Waals surface area contributed by atoms with Crippen LogP contribution in [0.4, 0.5) is 0 Å². The quantitative estimate of drug-likeness (QED) is 0.840. The van der Waals surface area contributed by atoms with E-state index in [0.29, 0.717) is 13.2 Å². The molecule has 1 aliphatic rings. The fraction of sp³-hybridized carbons (Fsp3) is 0.769. The smallest absolute Gasteiger partial charge is 0.119 e. The van der Waals surface area contributed by atoms with Crippen molar-refractivity contribution in [2.24, 2.45) is 5.73 Å². The van der Waals surface area contributed by atoms with E-state index in [1.165, 1.54) is 25.7 Å². The van der Waals surface area contributed by atoms with Crippen molar-refractivity contribution >= 4 is 11.3 Å². The fourth-order valence-corrected chi connectivity index (χ4v) is 3.09. The van der Waals surface area contributed by atoms with Gasteiger partial charge >= 0.3 is 0 Å². The average Bonchev–Trinajstić information content (AvgIpc) is 2.58. The van der Waals surface area contributed by atoms with Gasteiger partial charge in [-0.15, -0.1) is 11.3 Å². The molecule has 1 aromatic heterocycles. The number of rotatable bonds is 4. The molecule has 0 aliphatic heterocycles. The Hall–Kier alpha value is -0.450. The Labute approximate surface area is 107 Å². The van der Waals surface area contributed by atoms with Gasteiger partial charge in [0.25, 0.3) is 0 Å². The van der Waals surface area contributed by atoms with Crippen LogP contribution in [0.3, 0.4) is 0 Å². The van der Waals surface area contributed by atoms with Crippen LogP contribution in [-0.2, 0) is 11.3 Å². The standard InChI is InChI=1S/C13H22N2OS/c1-11-9-17-12(15-11)8-16-10-13(14)6-4-2-3-5-7-13/h9H,2-8,10,14H2,1H3. The second-order valence-electron chi connectivity index (χ2n) is 5.15. The lowest BCUT2D eigenvalue weighted by atomic mass is 9.93. The molecule has 17 heavy (non-hydrogen) atoms. The van der Waals surface area contributed by atoms with E-state index in [-0.39, 0.29) is 5.54 Å². The summed E-state index contributed by atoms with van der Waals surface area (Å²) in [5, 5.41) is 3.11. The third kappa shape index (κ3) is 4.05. The summed E-state index contributed by atoms with van der Waals surface area (Å²) < 4.78 is 5.75. The normalized spacial score (nSPS) is 20.1. The zero-order valence-corrected chi connectivity index (χ0v) is 11.4. The van der Waals surface area contributed by atoms with Crippen molar-refractivity contribution in [1.82, 2.24) is 4.98 Å². The van der Waals surface area contributed by atoms with Crippen LogP contribution in [0.5, 0.6) is 0 Å². The van der Waals surface area contributed by atoms with Crippen LogP contribution in [0.2, 0.25) is 0 Å². The first-order valence-electron chi connectivity index (χ1n) is 6.46. The average molecular weight is 254 g/mol. The Bertz CT molecular complexity index is 343. The summed E-state index contributed by atoms with van der Waals surface area (Å²) in [4.78, 5) is 4.39. The molecule has 1 fully saturated rings. The van der Waals surface area contributed by atoms with Gasteiger partial charge < -0.3 is 10.5 Å². The maximum absolute atomic E-state index is 6.39. The lowest BCUT2D eigenvalue weighted by molar-refractivity contribution is 0.0666. The molecule has 1 aromatic rings. The number of thiazole rings is 1. The molecule has 0 radical (unpaired) electrons. The number of ether oxygens (including phenoxy) is 1. The van der Waals surface area contributed by atoms with Gasteiger partial charge in [0.05, 0.1) is 13.2 Å². The third-order valence-electron chi connectivity index (χ3n) is 3.38. The molecule has 0 atom stereocenters. The zero-order chi connectivity index (χ0) is 12.1. The van der Waals surface area contributed by atoms with E-state index >= 15 is 0 Å². The molecule has 3 nitrogen and oxygen atoms in total. The minimum Gasteiger partial charge on any atom is -0.372 e. The van der Waals surface area contributed by atoms with Gasteiger partial charge in [-0.2, -0.15) is 0 Å². The van der Waals surface area contributed by atoms with Gasteiger partial charge in [0.15, 0.2) is 0 Å². The van der Waals surface area contributed by atoms with Gasteiger partial charge in [0, 0.05) is 16.6 Å². The predicted octanol–water partition coefficient (Wildman–Crippen LogP) is 3.02. The molecule has 1 saturated carbocycles. The highest BCUT2D eigenvalue weighted by molar-refractivity contribution is 7.09. The molecule has 1 aliphatic carbocycles. The first kappa shape index (κ1) is 13.0. The number of hydrogen-bond donors (Lipinski definition) is 1. The molecule has 0 saturated heterocycles. The van der Waals surface area contributed by atoms with Crippen LogP contribution in [-0.4, -0.2) is 17.1 Å². The van der Waals surface area contributed by atoms with Gasteiger partial charge in [-0.1, -0.05) is 25.7 Å². The molecule has 0 amide bonds. The number of nitrogens with zero attached hydrogens (tertiary/aromatic N) is 1. The Morgan fingerprint density at radius 2 is 2.06 bits per heavy atom. The van der Waals surface area contributed by atoms with Crippen molar-refractivity contribution < 1.29 is 4.74 Å². The summed E-state index contributed by atoms with van der Waals surface area (Å²) >= 11 is 1.66. The lowest BCUT2D eigenvalue weighted by Crippen LogP contribution is -2.43.